The summed E-state index contributed by atoms with van der Waals surface area (Å²) in [6, 6.07) is 7.41. The lowest BCUT2D eigenvalue weighted by Crippen LogP contribution is -1.93. The first-order valence-electron chi connectivity index (χ1n) is 7.73. The number of H-pyrrole nitrogens is 1. The molecule has 0 spiro atoms. The molecule has 0 unspecified atom stereocenters. The Hall–Kier alpha value is -1.68. The second kappa shape index (κ2) is 10.1. The van der Waals surface area contributed by atoms with Crippen molar-refractivity contribution in [1.29, 1.82) is 0 Å². The van der Waals surface area contributed by atoms with Crippen molar-refractivity contribution in [2.24, 2.45) is 0 Å². The number of para-hydroxylation sites is 1. The Morgan fingerprint density at radius 1 is 1.14 bits per heavy atom. The fraction of sp³-hybridized carbons (Fsp3) is 0.471. The molecule has 0 saturated heterocycles. The van der Waals surface area contributed by atoms with Crippen LogP contribution < -0.4 is 0 Å². The van der Waals surface area contributed by atoms with Gasteiger partial charge in [-0.3, -0.25) is 4.79 Å². The fourth-order valence-electron chi connectivity index (χ4n) is 2.15. The highest BCUT2D eigenvalue weighted by atomic mass is 35.5. The van der Waals surface area contributed by atoms with Crippen LogP contribution in [0.3, 0.4) is 0 Å². The monoisotopic (exact) mass is 325 g/mol. The van der Waals surface area contributed by atoms with Crippen LogP contribution >= 0.6 is 11.6 Å². The Labute approximate surface area is 136 Å². The molecule has 0 fully saturated rings. The fourth-order valence-corrected chi connectivity index (χ4v) is 2.35. The maximum absolute atomic E-state index is 10.1. The van der Waals surface area contributed by atoms with Gasteiger partial charge in [0.25, 0.3) is 0 Å². The molecule has 122 valence electrons. The van der Waals surface area contributed by atoms with Crippen LogP contribution in [0.2, 0.25) is 5.15 Å². The third-order valence-corrected chi connectivity index (χ3v) is 3.65. The van der Waals surface area contributed by atoms with E-state index in [4.69, 9.17) is 16.7 Å². The summed E-state index contributed by atoms with van der Waals surface area (Å²) in [5.41, 5.74) is 0.856. The number of hydrogen-bond acceptors (Lipinski definition) is 2. The summed E-state index contributed by atoms with van der Waals surface area (Å²) in [6.07, 6.45) is 7.25. The van der Waals surface area contributed by atoms with Gasteiger partial charge in [0.05, 0.1) is 5.52 Å². The molecular formula is C17H24ClNO3. The van der Waals surface area contributed by atoms with E-state index in [1.54, 1.807) is 0 Å². The van der Waals surface area contributed by atoms with Gasteiger partial charge in [0, 0.05) is 11.8 Å². The Balaban J connectivity index is 0.000000220. The number of nitrogens with one attached hydrogen (secondary N) is 1. The van der Waals surface area contributed by atoms with Gasteiger partial charge in [-0.1, -0.05) is 62.8 Å². The molecule has 0 atom stereocenters. The van der Waals surface area contributed by atoms with Crippen LogP contribution in [0.5, 0.6) is 5.75 Å². The molecule has 4 nitrogen and oxygen atoms in total. The van der Waals surface area contributed by atoms with E-state index < -0.39 is 5.97 Å². The number of benzene rings is 1. The van der Waals surface area contributed by atoms with E-state index in [-0.39, 0.29) is 5.75 Å². The summed E-state index contributed by atoms with van der Waals surface area (Å²) in [4.78, 5) is 12.9. The van der Waals surface area contributed by atoms with Crippen LogP contribution in [0, 0.1) is 0 Å². The number of aromatic amines is 1. The number of carboxylic acid groups (broad SMARTS) is 1. The summed E-state index contributed by atoms with van der Waals surface area (Å²) in [5, 5.41) is 18.7. The number of carbonyl (C=O) groups is 1. The van der Waals surface area contributed by atoms with E-state index in [9.17, 15) is 9.90 Å². The van der Waals surface area contributed by atoms with Crippen LogP contribution in [-0.4, -0.2) is 21.2 Å². The van der Waals surface area contributed by atoms with Crippen molar-refractivity contribution in [2.45, 2.75) is 51.9 Å². The van der Waals surface area contributed by atoms with E-state index >= 15 is 0 Å². The number of hydrogen-bond donors (Lipinski definition) is 3. The number of carboxylic acids is 1. The maximum Gasteiger partial charge on any atom is 0.303 e. The van der Waals surface area contributed by atoms with Gasteiger partial charge in [-0.25, -0.2) is 0 Å². The molecule has 0 aliphatic rings. The van der Waals surface area contributed by atoms with Gasteiger partial charge in [-0.2, -0.15) is 0 Å². The zero-order chi connectivity index (χ0) is 16.4. The van der Waals surface area contributed by atoms with Crippen LogP contribution in [0.25, 0.3) is 10.9 Å². The van der Waals surface area contributed by atoms with Gasteiger partial charge >= 0.3 is 5.97 Å². The minimum Gasteiger partial charge on any atom is -0.504 e. The van der Waals surface area contributed by atoms with Crippen molar-refractivity contribution in [3.63, 3.8) is 0 Å². The molecule has 3 N–H and O–H groups in total. The van der Waals surface area contributed by atoms with Crippen molar-refractivity contribution in [1.82, 2.24) is 4.98 Å². The smallest absolute Gasteiger partial charge is 0.303 e. The number of aromatic hydroxyl groups is 1. The molecule has 5 heteroatoms. The summed E-state index contributed by atoms with van der Waals surface area (Å²) in [5.74, 6) is -0.539. The molecule has 1 heterocycles. The Bertz CT molecular complexity index is 580. The van der Waals surface area contributed by atoms with Gasteiger partial charge in [0.2, 0.25) is 0 Å². The SMILES string of the molecule is CCCCCCCCC(=O)O.Oc1c(Cl)[nH]c2ccccc12. The van der Waals surface area contributed by atoms with Crippen molar-refractivity contribution < 1.29 is 15.0 Å². The van der Waals surface area contributed by atoms with Gasteiger partial charge in [0.1, 0.15) is 5.15 Å². The van der Waals surface area contributed by atoms with E-state index in [0.717, 1.165) is 23.7 Å². The molecule has 0 amide bonds. The first kappa shape index (κ1) is 18.4. The predicted octanol–water partition coefficient (Wildman–Crippen LogP) is 5.35. The van der Waals surface area contributed by atoms with Crippen LogP contribution in [0.15, 0.2) is 24.3 Å². The van der Waals surface area contributed by atoms with Gasteiger partial charge in [-0.15, -0.1) is 0 Å². The van der Waals surface area contributed by atoms with E-state index in [0.29, 0.717) is 11.6 Å². The zero-order valence-corrected chi connectivity index (χ0v) is 13.7. The summed E-state index contributed by atoms with van der Waals surface area (Å²) < 4.78 is 0. The zero-order valence-electron chi connectivity index (χ0n) is 12.9. The average molecular weight is 326 g/mol. The number of aliphatic carboxylic acids is 1. The number of halogens is 1. The molecule has 1 aromatic carbocycles. The molecule has 0 aliphatic heterocycles. The highest BCUT2D eigenvalue weighted by Gasteiger charge is 2.05. The summed E-state index contributed by atoms with van der Waals surface area (Å²) in [7, 11) is 0. The van der Waals surface area contributed by atoms with Crippen LogP contribution in [0.1, 0.15) is 51.9 Å². The van der Waals surface area contributed by atoms with Crippen molar-refractivity contribution >= 4 is 28.5 Å². The first-order chi connectivity index (χ1) is 10.6. The molecule has 22 heavy (non-hydrogen) atoms. The summed E-state index contributed by atoms with van der Waals surface area (Å²) in [6.45, 7) is 2.18. The third kappa shape index (κ3) is 6.39. The molecule has 0 bridgehead atoms. The van der Waals surface area contributed by atoms with Crippen molar-refractivity contribution in [3.05, 3.63) is 29.4 Å². The van der Waals surface area contributed by atoms with Crippen molar-refractivity contribution in [2.75, 3.05) is 0 Å². The number of aromatic nitrogens is 1. The lowest BCUT2D eigenvalue weighted by Gasteiger charge is -1.97. The third-order valence-electron chi connectivity index (χ3n) is 3.38. The van der Waals surface area contributed by atoms with E-state index in [2.05, 4.69) is 11.9 Å². The standard InChI is InChI=1S/C9H18O2.C8H6ClNO/c1-2-3-4-5-6-7-8-9(10)11;9-8-7(11)5-3-1-2-4-6(5)10-8/h2-8H2,1H3,(H,10,11);1-4,10-11H. The molecular weight excluding hydrogens is 302 g/mol. The van der Waals surface area contributed by atoms with E-state index in [1.165, 1.54) is 25.7 Å². The normalized spacial score (nSPS) is 10.3. The number of fused-ring (bicyclic) bond motifs is 1. The number of rotatable bonds is 7. The Morgan fingerprint density at radius 2 is 1.77 bits per heavy atom. The molecule has 0 radical (unpaired) electrons. The molecule has 0 aliphatic carbocycles. The van der Waals surface area contributed by atoms with E-state index in [1.807, 2.05) is 24.3 Å². The van der Waals surface area contributed by atoms with Crippen LogP contribution in [-0.2, 0) is 4.79 Å². The van der Waals surface area contributed by atoms with Crippen LogP contribution in [0.4, 0.5) is 0 Å². The maximum atomic E-state index is 10.1. The first-order valence-corrected chi connectivity index (χ1v) is 8.11. The summed E-state index contributed by atoms with van der Waals surface area (Å²) >= 11 is 5.65. The predicted molar refractivity (Wildman–Crippen MR) is 90.6 cm³/mol. The molecule has 0 saturated carbocycles. The molecule has 2 aromatic rings. The average Bonchev–Trinajstić information content (AvgIpc) is 2.79. The van der Waals surface area contributed by atoms with Gasteiger partial charge < -0.3 is 15.2 Å². The van der Waals surface area contributed by atoms with Gasteiger partial charge in [-0.05, 0) is 18.6 Å². The Morgan fingerprint density at radius 3 is 2.41 bits per heavy atom. The lowest BCUT2D eigenvalue weighted by atomic mass is 10.1. The van der Waals surface area contributed by atoms with Gasteiger partial charge in [0.15, 0.2) is 5.75 Å². The largest absolute Gasteiger partial charge is 0.504 e. The lowest BCUT2D eigenvalue weighted by molar-refractivity contribution is -0.137. The molecule has 2 rings (SSSR count). The number of unbranched alkanes of at least 4 members (excludes halogenated alkanes) is 5. The molecule has 1 aromatic heterocycles. The highest BCUT2D eigenvalue weighted by molar-refractivity contribution is 6.32. The van der Waals surface area contributed by atoms with Crippen molar-refractivity contribution in [3.8, 4) is 5.75 Å². The topological polar surface area (TPSA) is 73.3 Å². The minimum absolute atomic E-state index is 0.127. The second-order valence-corrected chi connectivity index (χ2v) is 5.62. The minimum atomic E-state index is -0.666. The Kier molecular flexibility index (Phi) is 8.44. The quantitative estimate of drug-likeness (QED) is 0.601. The second-order valence-electron chi connectivity index (χ2n) is 5.24. The highest BCUT2D eigenvalue weighted by Crippen LogP contribution is 2.31.